The summed E-state index contributed by atoms with van der Waals surface area (Å²) >= 11 is 0. The van der Waals surface area contributed by atoms with Crippen LogP contribution in [0.25, 0.3) is 0 Å². The predicted molar refractivity (Wildman–Crippen MR) is 104 cm³/mol. The number of hydrogen-bond donors (Lipinski definition) is 2. The van der Waals surface area contributed by atoms with Crippen LogP contribution in [0.1, 0.15) is 24.0 Å². The van der Waals surface area contributed by atoms with Gasteiger partial charge in [0.25, 0.3) is 0 Å². The average Bonchev–Trinajstić information content (AvgIpc) is 3.25. The van der Waals surface area contributed by atoms with E-state index in [2.05, 4.69) is 15.2 Å². The zero-order valence-corrected chi connectivity index (χ0v) is 16.8. The van der Waals surface area contributed by atoms with Crippen LogP contribution in [0.15, 0.2) is 47.5 Å². The van der Waals surface area contributed by atoms with Crippen molar-refractivity contribution < 1.29 is 26.4 Å². The van der Waals surface area contributed by atoms with Crippen LogP contribution < -0.4 is 14.9 Å². The fourth-order valence-corrected chi connectivity index (χ4v) is 4.03. The zero-order chi connectivity index (χ0) is 21.8. The van der Waals surface area contributed by atoms with Gasteiger partial charge in [0.1, 0.15) is 5.82 Å². The van der Waals surface area contributed by atoms with Crippen molar-refractivity contribution in [2.75, 3.05) is 24.5 Å². The lowest BCUT2D eigenvalue weighted by atomic mass is 10.2. The Morgan fingerprint density at radius 2 is 1.87 bits per heavy atom. The maximum Gasteiger partial charge on any atom is 0.416 e. The first-order chi connectivity index (χ1) is 14.1. The summed E-state index contributed by atoms with van der Waals surface area (Å²) in [7, 11) is -4.26. The first-order valence-electron chi connectivity index (χ1n) is 9.29. The van der Waals surface area contributed by atoms with E-state index in [1.807, 2.05) is 16.9 Å². The number of rotatable bonds is 7. The standard InChI is InChI=1S/C19H21F3N4O3S/c20-19(21,22)15-4-3-5-16(10-15)30(28,29)25-13-18(27)24-12-14-6-7-17(23-11-14)26-8-1-2-9-26/h3-7,10-11,25H,1-2,8-9,12-13H2,(H,24,27). The van der Waals surface area contributed by atoms with Crippen molar-refractivity contribution in [2.45, 2.75) is 30.5 Å². The molecule has 2 heterocycles. The minimum Gasteiger partial charge on any atom is -0.357 e. The first-order valence-corrected chi connectivity index (χ1v) is 10.8. The number of carbonyl (C=O) groups excluding carboxylic acids is 1. The molecule has 0 unspecified atom stereocenters. The average molecular weight is 442 g/mol. The molecule has 1 fully saturated rings. The number of benzene rings is 1. The Labute approximate surface area is 172 Å². The smallest absolute Gasteiger partial charge is 0.357 e. The largest absolute Gasteiger partial charge is 0.416 e. The van der Waals surface area contributed by atoms with Crippen LogP contribution >= 0.6 is 0 Å². The Bertz CT molecular complexity index is 989. The lowest BCUT2D eigenvalue weighted by molar-refractivity contribution is -0.137. The van der Waals surface area contributed by atoms with Gasteiger partial charge in [0.2, 0.25) is 15.9 Å². The molecule has 1 aromatic heterocycles. The zero-order valence-electron chi connectivity index (χ0n) is 15.9. The first kappa shape index (κ1) is 22.0. The fourth-order valence-electron chi connectivity index (χ4n) is 3.00. The second-order valence-electron chi connectivity index (χ2n) is 6.85. The van der Waals surface area contributed by atoms with Crippen molar-refractivity contribution in [3.63, 3.8) is 0 Å². The topological polar surface area (TPSA) is 91.4 Å². The number of hydrogen-bond acceptors (Lipinski definition) is 5. The van der Waals surface area contributed by atoms with E-state index in [0.29, 0.717) is 6.07 Å². The van der Waals surface area contributed by atoms with Gasteiger partial charge < -0.3 is 10.2 Å². The Morgan fingerprint density at radius 1 is 1.13 bits per heavy atom. The van der Waals surface area contributed by atoms with E-state index in [0.717, 1.165) is 55.5 Å². The number of pyridine rings is 1. The molecule has 0 radical (unpaired) electrons. The molecule has 0 saturated carbocycles. The van der Waals surface area contributed by atoms with Crippen LogP contribution in [-0.4, -0.2) is 38.9 Å². The summed E-state index contributed by atoms with van der Waals surface area (Å²) in [5, 5.41) is 2.55. The summed E-state index contributed by atoms with van der Waals surface area (Å²) < 4.78 is 64.6. The van der Waals surface area contributed by atoms with Crippen molar-refractivity contribution in [1.82, 2.24) is 15.0 Å². The fraction of sp³-hybridized carbons (Fsp3) is 0.368. The van der Waals surface area contributed by atoms with Crippen LogP contribution in [0.5, 0.6) is 0 Å². The van der Waals surface area contributed by atoms with E-state index in [9.17, 15) is 26.4 Å². The van der Waals surface area contributed by atoms with Crippen molar-refractivity contribution in [3.8, 4) is 0 Å². The van der Waals surface area contributed by atoms with Crippen LogP contribution in [-0.2, 0) is 27.5 Å². The molecule has 0 atom stereocenters. The molecule has 2 aromatic rings. The molecule has 0 bridgehead atoms. The van der Waals surface area contributed by atoms with Crippen molar-refractivity contribution in [2.24, 2.45) is 0 Å². The second kappa shape index (κ2) is 9.00. The van der Waals surface area contributed by atoms with E-state index < -0.39 is 39.1 Å². The lowest BCUT2D eigenvalue weighted by Crippen LogP contribution is -2.36. The Balaban J connectivity index is 1.51. The van der Waals surface area contributed by atoms with E-state index in [1.54, 1.807) is 6.20 Å². The van der Waals surface area contributed by atoms with Crippen LogP contribution in [0.4, 0.5) is 19.0 Å². The molecule has 0 spiro atoms. The number of anilines is 1. The highest BCUT2D eigenvalue weighted by atomic mass is 32.2. The molecule has 3 rings (SSSR count). The summed E-state index contributed by atoms with van der Waals surface area (Å²) in [6.45, 7) is 1.49. The molecule has 1 amide bonds. The van der Waals surface area contributed by atoms with Crippen LogP contribution in [0.2, 0.25) is 0 Å². The molecule has 30 heavy (non-hydrogen) atoms. The molecule has 11 heteroatoms. The molecule has 2 N–H and O–H groups in total. The second-order valence-corrected chi connectivity index (χ2v) is 8.61. The van der Waals surface area contributed by atoms with Gasteiger partial charge in [-0.25, -0.2) is 18.1 Å². The number of aromatic nitrogens is 1. The third kappa shape index (κ3) is 5.70. The van der Waals surface area contributed by atoms with Gasteiger partial charge in [-0.15, -0.1) is 0 Å². The maximum absolute atomic E-state index is 12.8. The summed E-state index contributed by atoms with van der Waals surface area (Å²) in [6.07, 6.45) is -0.756. The van der Waals surface area contributed by atoms with Crippen LogP contribution in [0.3, 0.4) is 0 Å². The van der Waals surface area contributed by atoms with Gasteiger partial charge in [0.15, 0.2) is 0 Å². The number of nitrogens with one attached hydrogen (secondary N) is 2. The SMILES string of the molecule is O=C(CNS(=O)(=O)c1cccc(C(F)(F)F)c1)NCc1ccc(N2CCCC2)nc1. The van der Waals surface area contributed by atoms with E-state index in [4.69, 9.17) is 0 Å². The number of alkyl halides is 3. The predicted octanol–water partition coefficient (Wildman–Crippen LogP) is 2.30. The number of sulfonamides is 1. The highest BCUT2D eigenvalue weighted by Crippen LogP contribution is 2.30. The highest BCUT2D eigenvalue weighted by Gasteiger charge is 2.31. The van der Waals surface area contributed by atoms with E-state index >= 15 is 0 Å². The van der Waals surface area contributed by atoms with Crippen molar-refractivity contribution in [3.05, 3.63) is 53.7 Å². The molecule has 1 saturated heterocycles. The van der Waals surface area contributed by atoms with Gasteiger partial charge in [0, 0.05) is 25.8 Å². The van der Waals surface area contributed by atoms with Gasteiger partial charge in [-0.2, -0.15) is 13.2 Å². The summed E-state index contributed by atoms with van der Waals surface area (Å²) in [4.78, 5) is 17.9. The van der Waals surface area contributed by atoms with Crippen molar-refractivity contribution in [1.29, 1.82) is 0 Å². The van der Waals surface area contributed by atoms with Gasteiger partial charge in [-0.05, 0) is 42.7 Å². The highest BCUT2D eigenvalue weighted by molar-refractivity contribution is 7.89. The Morgan fingerprint density at radius 3 is 2.50 bits per heavy atom. The molecule has 1 aliphatic rings. The Kier molecular flexibility index (Phi) is 6.61. The number of halogens is 3. The number of amides is 1. The molecule has 1 aliphatic heterocycles. The minimum atomic E-state index is -4.67. The lowest BCUT2D eigenvalue weighted by Gasteiger charge is -2.16. The summed E-state index contributed by atoms with van der Waals surface area (Å²) in [6, 6.07) is 7.01. The molecule has 7 nitrogen and oxygen atoms in total. The van der Waals surface area contributed by atoms with Crippen molar-refractivity contribution >= 4 is 21.7 Å². The van der Waals surface area contributed by atoms with Crippen LogP contribution in [0, 0.1) is 0 Å². The van der Waals surface area contributed by atoms with E-state index in [1.165, 1.54) is 0 Å². The van der Waals surface area contributed by atoms with Gasteiger partial charge >= 0.3 is 6.18 Å². The maximum atomic E-state index is 12.8. The third-order valence-electron chi connectivity index (χ3n) is 4.62. The number of carbonyl (C=O) groups is 1. The number of nitrogens with zero attached hydrogens (tertiary/aromatic N) is 2. The van der Waals surface area contributed by atoms with E-state index in [-0.39, 0.29) is 6.54 Å². The molecule has 0 aliphatic carbocycles. The molecule has 1 aromatic carbocycles. The van der Waals surface area contributed by atoms with Gasteiger partial charge in [-0.3, -0.25) is 4.79 Å². The normalized spacial score (nSPS) is 14.7. The monoisotopic (exact) mass is 442 g/mol. The molecular formula is C19H21F3N4O3S. The minimum absolute atomic E-state index is 0.150. The van der Waals surface area contributed by atoms with Gasteiger partial charge in [0.05, 0.1) is 17.0 Å². The van der Waals surface area contributed by atoms with Gasteiger partial charge in [-0.1, -0.05) is 12.1 Å². The summed E-state index contributed by atoms with van der Waals surface area (Å²) in [5.74, 6) is 0.255. The Hall–Kier alpha value is -2.66. The molecular weight excluding hydrogens is 421 g/mol. The third-order valence-corrected chi connectivity index (χ3v) is 6.02. The quantitative estimate of drug-likeness (QED) is 0.687. The summed E-state index contributed by atoms with van der Waals surface area (Å²) in [5.41, 5.74) is -0.341. The molecule has 162 valence electrons.